The summed E-state index contributed by atoms with van der Waals surface area (Å²) in [7, 11) is 0. The maximum absolute atomic E-state index is 12.2. The molecule has 2 aromatic heterocycles. The molecular formula is C17H18N6O2. The number of nitrogens with one attached hydrogen (secondary N) is 1. The predicted octanol–water partition coefficient (Wildman–Crippen LogP) is 1.95. The fraction of sp³-hybridized carbons (Fsp3) is 0.176. The van der Waals surface area contributed by atoms with Crippen LogP contribution in [0.4, 0.5) is 11.5 Å². The quantitative estimate of drug-likeness (QED) is 0.711. The van der Waals surface area contributed by atoms with Crippen molar-refractivity contribution in [2.75, 3.05) is 17.7 Å². The molecule has 3 N–H and O–H groups in total. The summed E-state index contributed by atoms with van der Waals surface area (Å²) in [5.41, 5.74) is 7.34. The largest absolute Gasteiger partial charge is 0.494 e. The van der Waals surface area contributed by atoms with E-state index in [9.17, 15) is 4.79 Å². The van der Waals surface area contributed by atoms with Crippen molar-refractivity contribution >= 4 is 17.4 Å². The van der Waals surface area contributed by atoms with Gasteiger partial charge in [0.15, 0.2) is 11.5 Å². The number of hydrogen-bond donors (Lipinski definition) is 2. The van der Waals surface area contributed by atoms with Gasteiger partial charge in [0.1, 0.15) is 5.75 Å². The highest BCUT2D eigenvalue weighted by atomic mass is 16.5. The number of amides is 1. The van der Waals surface area contributed by atoms with E-state index in [4.69, 9.17) is 10.5 Å². The van der Waals surface area contributed by atoms with Crippen LogP contribution in [-0.4, -0.2) is 32.3 Å². The summed E-state index contributed by atoms with van der Waals surface area (Å²) in [6.45, 7) is 3.12. The van der Waals surface area contributed by atoms with Crippen LogP contribution < -0.4 is 15.8 Å². The molecule has 0 aliphatic carbocycles. The molecule has 0 saturated heterocycles. The average Bonchev–Trinajstić information content (AvgIpc) is 3.02. The summed E-state index contributed by atoms with van der Waals surface area (Å²) < 4.78 is 7.21. The van der Waals surface area contributed by atoms with Crippen molar-refractivity contribution in [2.45, 2.75) is 13.5 Å². The Morgan fingerprint density at radius 1 is 1.32 bits per heavy atom. The van der Waals surface area contributed by atoms with Gasteiger partial charge >= 0.3 is 0 Å². The Balaban J connectivity index is 1.67. The standard InChI is InChI=1S/C17H18N6O2/c1-2-25-14-5-3-4-12(8-14)10-23-11-13(9-21-23)22-17(24)15-16(18)20-7-6-19-15/h3-9,11H,2,10H2,1H3,(H2,18,20)(H,22,24). The number of carbonyl (C=O) groups is 1. The molecule has 3 aromatic rings. The van der Waals surface area contributed by atoms with E-state index in [1.807, 2.05) is 31.2 Å². The Bertz CT molecular complexity index is 877. The van der Waals surface area contributed by atoms with Crippen LogP contribution >= 0.6 is 0 Å². The summed E-state index contributed by atoms with van der Waals surface area (Å²) in [6, 6.07) is 7.79. The fourth-order valence-electron chi connectivity index (χ4n) is 2.32. The van der Waals surface area contributed by atoms with Crippen molar-refractivity contribution in [2.24, 2.45) is 0 Å². The van der Waals surface area contributed by atoms with Crippen LogP contribution in [0.2, 0.25) is 0 Å². The molecule has 1 aromatic carbocycles. The van der Waals surface area contributed by atoms with Crippen molar-refractivity contribution in [3.63, 3.8) is 0 Å². The van der Waals surface area contributed by atoms with E-state index in [2.05, 4.69) is 20.4 Å². The Hall–Kier alpha value is -3.42. The van der Waals surface area contributed by atoms with E-state index >= 15 is 0 Å². The molecule has 0 aliphatic rings. The van der Waals surface area contributed by atoms with Gasteiger partial charge in [-0.1, -0.05) is 12.1 Å². The van der Waals surface area contributed by atoms with Crippen LogP contribution in [0.25, 0.3) is 0 Å². The van der Waals surface area contributed by atoms with Gasteiger partial charge in [-0.15, -0.1) is 0 Å². The molecule has 0 saturated carbocycles. The van der Waals surface area contributed by atoms with Gasteiger partial charge in [-0.2, -0.15) is 5.10 Å². The van der Waals surface area contributed by atoms with Gasteiger partial charge in [0.05, 0.1) is 25.0 Å². The van der Waals surface area contributed by atoms with Gasteiger partial charge in [-0.05, 0) is 24.6 Å². The zero-order valence-electron chi connectivity index (χ0n) is 13.7. The molecule has 8 heteroatoms. The Labute approximate surface area is 144 Å². The average molecular weight is 338 g/mol. The summed E-state index contributed by atoms with van der Waals surface area (Å²) in [5, 5.41) is 6.96. The zero-order chi connectivity index (χ0) is 17.6. The minimum Gasteiger partial charge on any atom is -0.494 e. The Kier molecular flexibility index (Phi) is 4.89. The predicted molar refractivity (Wildman–Crippen MR) is 93.3 cm³/mol. The first kappa shape index (κ1) is 16.4. The second-order valence-corrected chi connectivity index (χ2v) is 5.25. The van der Waals surface area contributed by atoms with Crippen LogP contribution in [0, 0.1) is 0 Å². The number of carbonyl (C=O) groups excluding carboxylic acids is 1. The first-order chi connectivity index (χ1) is 12.2. The van der Waals surface area contributed by atoms with E-state index in [1.165, 1.54) is 12.4 Å². The van der Waals surface area contributed by atoms with Crippen LogP contribution in [0.3, 0.4) is 0 Å². The van der Waals surface area contributed by atoms with E-state index < -0.39 is 5.91 Å². The highest BCUT2D eigenvalue weighted by Gasteiger charge is 2.13. The minimum absolute atomic E-state index is 0.0830. The molecule has 0 unspecified atom stereocenters. The SMILES string of the molecule is CCOc1cccc(Cn2cc(NC(=O)c3nccnc3N)cn2)c1. The van der Waals surface area contributed by atoms with Crippen molar-refractivity contribution in [1.82, 2.24) is 19.7 Å². The second kappa shape index (κ2) is 7.43. The summed E-state index contributed by atoms with van der Waals surface area (Å²) in [5.74, 6) is 0.474. The second-order valence-electron chi connectivity index (χ2n) is 5.25. The molecule has 0 spiro atoms. The lowest BCUT2D eigenvalue weighted by Gasteiger charge is -2.06. The number of aromatic nitrogens is 4. The maximum atomic E-state index is 12.2. The van der Waals surface area contributed by atoms with Crippen LogP contribution in [0.15, 0.2) is 49.1 Å². The molecule has 0 bridgehead atoms. The van der Waals surface area contributed by atoms with E-state index in [0.717, 1.165) is 11.3 Å². The van der Waals surface area contributed by atoms with Gasteiger partial charge in [0.25, 0.3) is 5.91 Å². The van der Waals surface area contributed by atoms with Crippen molar-refractivity contribution in [3.8, 4) is 5.75 Å². The molecule has 25 heavy (non-hydrogen) atoms. The van der Waals surface area contributed by atoms with Crippen LogP contribution in [0.5, 0.6) is 5.75 Å². The maximum Gasteiger partial charge on any atom is 0.278 e. The number of nitrogen functional groups attached to an aromatic ring is 1. The molecule has 128 valence electrons. The Morgan fingerprint density at radius 3 is 2.96 bits per heavy atom. The number of anilines is 2. The van der Waals surface area contributed by atoms with E-state index in [0.29, 0.717) is 18.8 Å². The van der Waals surface area contributed by atoms with Gasteiger partial charge in [0.2, 0.25) is 0 Å². The third-order valence-corrected chi connectivity index (χ3v) is 3.39. The molecule has 0 atom stereocenters. The molecule has 0 radical (unpaired) electrons. The molecule has 0 fully saturated rings. The number of nitrogens with two attached hydrogens (primary N) is 1. The lowest BCUT2D eigenvalue weighted by atomic mass is 10.2. The number of rotatable bonds is 6. The van der Waals surface area contributed by atoms with Gasteiger partial charge in [0, 0.05) is 18.6 Å². The number of ether oxygens (including phenoxy) is 1. The van der Waals surface area contributed by atoms with Crippen molar-refractivity contribution in [1.29, 1.82) is 0 Å². The molecule has 3 rings (SSSR count). The van der Waals surface area contributed by atoms with Crippen LogP contribution in [0.1, 0.15) is 23.0 Å². The van der Waals surface area contributed by atoms with E-state index in [1.54, 1.807) is 17.1 Å². The number of benzene rings is 1. The fourth-order valence-corrected chi connectivity index (χ4v) is 2.32. The van der Waals surface area contributed by atoms with Gasteiger partial charge in [-0.3, -0.25) is 9.48 Å². The number of nitrogens with zero attached hydrogens (tertiary/aromatic N) is 4. The van der Waals surface area contributed by atoms with E-state index in [-0.39, 0.29) is 11.5 Å². The van der Waals surface area contributed by atoms with Crippen molar-refractivity contribution < 1.29 is 9.53 Å². The number of hydrogen-bond acceptors (Lipinski definition) is 6. The Morgan fingerprint density at radius 2 is 2.16 bits per heavy atom. The summed E-state index contributed by atoms with van der Waals surface area (Å²) >= 11 is 0. The van der Waals surface area contributed by atoms with Crippen LogP contribution in [-0.2, 0) is 6.54 Å². The molecule has 8 nitrogen and oxygen atoms in total. The third-order valence-electron chi connectivity index (χ3n) is 3.39. The zero-order valence-corrected chi connectivity index (χ0v) is 13.7. The molecule has 0 aliphatic heterocycles. The van der Waals surface area contributed by atoms with Crippen molar-refractivity contribution in [3.05, 3.63) is 60.3 Å². The monoisotopic (exact) mass is 338 g/mol. The third kappa shape index (κ3) is 4.11. The molecule has 2 heterocycles. The first-order valence-electron chi connectivity index (χ1n) is 7.77. The summed E-state index contributed by atoms with van der Waals surface area (Å²) in [6.07, 6.45) is 6.15. The lowest BCUT2D eigenvalue weighted by molar-refractivity contribution is 0.102. The normalized spacial score (nSPS) is 10.4. The van der Waals surface area contributed by atoms with Gasteiger partial charge in [-0.25, -0.2) is 9.97 Å². The highest BCUT2D eigenvalue weighted by Crippen LogP contribution is 2.15. The topological polar surface area (TPSA) is 108 Å². The molecular weight excluding hydrogens is 320 g/mol. The summed E-state index contributed by atoms with van der Waals surface area (Å²) in [4.78, 5) is 20.0. The minimum atomic E-state index is -0.427. The highest BCUT2D eigenvalue weighted by molar-refractivity contribution is 6.05. The molecule has 1 amide bonds. The smallest absolute Gasteiger partial charge is 0.278 e. The van der Waals surface area contributed by atoms with Gasteiger partial charge < -0.3 is 15.8 Å². The first-order valence-corrected chi connectivity index (χ1v) is 7.77. The lowest BCUT2D eigenvalue weighted by Crippen LogP contribution is -2.16.